The molecule has 1 fully saturated rings. The van der Waals surface area contributed by atoms with E-state index >= 15 is 0 Å². The Morgan fingerprint density at radius 1 is 1.43 bits per heavy atom. The van der Waals surface area contributed by atoms with E-state index in [1.165, 1.54) is 12.0 Å². The molecule has 8 heteroatoms. The summed E-state index contributed by atoms with van der Waals surface area (Å²) in [4.78, 5) is 38.5. The van der Waals surface area contributed by atoms with Crippen molar-refractivity contribution in [3.8, 4) is 0 Å². The fraction of sp³-hybridized carbons (Fsp3) is 0.769. The third-order valence-corrected chi connectivity index (χ3v) is 3.63. The molecule has 21 heavy (non-hydrogen) atoms. The van der Waals surface area contributed by atoms with Crippen molar-refractivity contribution >= 4 is 17.8 Å². The molecule has 0 saturated carbocycles. The van der Waals surface area contributed by atoms with E-state index < -0.39 is 23.4 Å². The van der Waals surface area contributed by atoms with Crippen molar-refractivity contribution in [3.05, 3.63) is 0 Å². The largest absolute Gasteiger partial charge is 0.395 e. The summed E-state index contributed by atoms with van der Waals surface area (Å²) >= 11 is 0. The number of nitrogens with zero attached hydrogens (tertiary/aromatic N) is 2. The number of hydrogen-bond acceptors (Lipinski definition) is 5. The lowest BCUT2D eigenvalue weighted by atomic mass is 9.99. The maximum atomic E-state index is 12.2. The number of nitrogens with one attached hydrogen (secondary N) is 1. The monoisotopic (exact) mass is 301 g/mol. The lowest BCUT2D eigenvalue weighted by Crippen LogP contribution is -2.46. The molecule has 8 nitrogen and oxygen atoms in total. The van der Waals surface area contributed by atoms with Gasteiger partial charge in [-0.2, -0.15) is 0 Å². The minimum absolute atomic E-state index is 0.136. The third-order valence-electron chi connectivity index (χ3n) is 3.63. The average molecular weight is 301 g/mol. The van der Waals surface area contributed by atoms with Crippen molar-refractivity contribution in [2.24, 2.45) is 0 Å². The van der Waals surface area contributed by atoms with Crippen molar-refractivity contribution in [2.75, 3.05) is 40.0 Å². The van der Waals surface area contributed by atoms with Gasteiger partial charge in [0.15, 0.2) is 0 Å². The quantitative estimate of drug-likeness (QED) is 0.570. The van der Waals surface area contributed by atoms with E-state index in [9.17, 15) is 14.4 Å². The van der Waals surface area contributed by atoms with Gasteiger partial charge in [0, 0.05) is 20.2 Å². The summed E-state index contributed by atoms with van der Waals surface area (Å²) in [7, 11) is 1.51. The van der Waals surface area contributed by atoms with Gasteiger partial charge in [0.05, 0.1) is 13.2 Å². The number of ether oxygens (including phenoxy) is 1. The topological polar surface area (TPSA) is 99.2 Å². The summed E-state index contributed by atoms with van der Waals surface area (Å²) in [6.07, 6.45) is 0.451. The molecule has 1 aliphatic rings. The molecule has 1 heterocycles. The lowest BCUT2D eigenvalue weighted by Gasteiger charge is -2.24. The molecule has 2 N–H and O–H groups in total. The number of amides is 4. The first kappa shape index (κ1) is 17.4. The molecule has 1 unspecified atom stereocenters. The molecule has 1 atom stereocenters. The highest BCUT2D eigenvalue weighted by molar-refractivity contribution is 6.08. The van der Waals surface area contributed by atoms with Gasteiger partial charge in [-0.05, 0) is 13.3 Å². The van der Waals surface area contributed by atoms with Crippen LogP contribution in [0.4, 0.5) is 4.79 Å². The van der Waals surface area contributed by atoms with Gasteiger partial charge in [0.1, 0.15) is 12.1 Å². The molecule has 1 rings (SSSR count). The van der Waals surface area contributed by atoms with Crippen LogP contribution in [0.2, 0.25) is 0 Å². The first-order chi connectivity index (χ1) is 9.89. The fourth-order valence-electron chi connectivity index (χ4n) is 2.05. The number of urea groups is 1. The Morgan fingerprint density at radius 2 is 2.10 bits per heavy atom. The zero-order chi connectivity index (χ0) is 16.0. The Hall–Kier alpha value is -1.67. The number of rotatable bonds is 8. The van der Waals surface area contributed by atoms with Gasteiger partial charge in [-0.1, -0.05) is 6.92 Å². The second kappa shape index (κ2) is 7.37. The van der Waals surface area contributed by atoms with Crippen molar-refractivity contribution < 1.29 is 24.2 Å². The van der Waals surface area contributed by atoms with Gasteiger partial charge < -0.3 is 20.1 Å². The van der Waals surface area contributed by atoms with Crippen molar-refractivity contribution in [3.63, 3.8) is 0 Å². The van der Waals surface area contributed by atoms with Gasteiger partial charge in [-0.15, -0.1) is 0 Å². The molecule has 120 valence electrons. The minimum Gasteiger partial charge on any atom is -0.395 e. The average Bonchev–Trinajstić information content (AvgIpc) is 2.67. The van der Waals surface area contributed by atoms with Crippen molar-refractivity contribution in [2.45, 2.75) is 25.8 Å². The molecule has 4 amide bonds. The predicted octanol–water partition coefficient (Wildman–Crippen LogP) is -0.826. The molecule has 1 saturated heterocycles. The predicted molar refractivity (Wildman–Crippen MR) is 74.5 cm³/mol. The molecule has 0 aromatic carbocycles. The number of aliphatic hydroxyl groups excluding tert-OH is 1. The van der Waals surface area contributed by atoms with Crippen molar-refractivity contribution in [1.29, 1.82) is 0 Å². The maximum Gasteiger partial charge on any atom is 0.325 e. The van der Waals surface area contributed by atoms with Crippen LogP contribution in [0, 0.1) is 0 Å². The smallest absolute Gasteiger partial charge is 0.325 e. The number of hydrogen-bond donors (Lipinski definition) is 2. The van der Waals surface area contributed by atoms with E-state index in [-0.39, 0.29) is 19.7 Å². The van der Waals surface area contributed by atoms with Crippen LogP contribution in [-0.2, 0) is 14.3 Å². The highest BCUT2D eigenvalue weighted by Crippen LogP contribution is 2.20. The summed E-state index contributed by atoms with van der Waals surface area (Å²) in [5.74, 6) is -0.802. The molecule has 0 bridgehead atoms. The number of methoxy groups -OCH3 is 1. The minimum atomic E-state index is -0.953. The van der Waals surface area contributed by atoms with Gasteiger partial charge in [0.2, 0.25) is 5.91 Å². The van der Waals surface area contributed by atoms with Crippen LogP contribution in [0.3, 0.4) is 0 Å². The first-order valence-corrected chi connectivity index (χ1v) is 6.91. The van der Waals surface area contributed by atoms with E-state index in [4.69, 9.17) is 9.84 Å². The van der Waals surface area contributed by atoms with Gasteiger partial charge >= 0.3 is 6.03 Å². The van der Waals surface area contributed by atoms with E-state index in [1.54, 1.807) is 13.8 Å². The van der Waals surface area contributed by atoms with E-state index in [0.29, 0.717) is 19.6 Å². The van der Waals surface area contributed by atoms with Crippen LogP contribution in [-0.4, -0.2) is 78.2 Å². The van der Waals surface area contributed by atoms with Crippen LogP contribution in [0.15, 0.2) is 0 Å². The Bertz CT molecular complexity index is 415. The molecule has 0 aromatic heterocycles. The maximum absolute atomic E-state index is 12.2. The third kappa shape index (κ3) is 3.92. The van der Waals surface area contributed by atoms with E-state index in [1.807, 2.05) is 0 Å². The van der Waals surface area contributed by atoms with Crippen LogP contribution < -0.4 is 5.32 Å². The molecule has 0 aliphatic carbocycles. The van der Waals surface area contributed by atoms with Crippen LogP contribution >= 0.6 is 0 Å². The Morgan fingerprint density at radius 3 is 2.57 bits per heavy atom. The second-order valence-electron chi connectivity index (χ2n) is 5.10. The van der Waals surface area contributed by atoms with Gasteiger partial charge in [0.25, 0.3) is 5.91 Å². The number of carbonyl (C=O) groups excluding carboxylic acids is 3. The molecule has 0 radical (unpaired) electrons. The second-order valence-corrected chi connectivity index (χ2v) is 5.10. The first-order valence-electron chi connectivity index (χ1n) is 6.91. The summed E-state index contributed by atoms with van der Waals surface area (Å²) in [5.41, 5.74) is -0.953. The van der Waals surface area contributed by atoms with Crippen LogP contribution in [0.25, 0.3) is 0 Å². The van der Waals surface area contributed by atoms with Gasteiger partial charge in [-0.25, -0.2) is 4.79 Å². The molecular weight excluding hydrogens is 278 g/mol. The van der Waals surface area contributed by atoms with Crippen LogP contribution in [0.1, 0.15) is 20.3 Å². The lowest BCUT2D eigenvalue weighted by molar-refractivity contribution is -0.139. The molecule has 0 spiro atoms. The normalized spacial score (nSPS) is 21.6. The van der Waals surface area contributed by atoms with Crippen molar-refractivity contribution in [1.82, 2.24) is 15.1 Å². The number of aliphatic hydroxyl groups is 1. The highest BCUT2D eigenvalue weighted by Gasteiger charge is 2.47. The Balaban J connectivity index is 2.72. The van der Waals surface area contributed by atoms with E-state index in [0.717, 1.165) is 4.90 Å². The molecular formula is C13H23N3O5. The van der Waals surface area contributed by atoms with Gasteiger partial charge in [-0.3, -0.25) is 14.5 Å². The highest BCUT2D eigenvalue weighted by atomic mass is 16.5. The van der Waals surface area contributed by atoms with Crippen LogP contribution in [0.5, 0.6) is 0 Å². The summed E-state index contributed by atoms with van der Waals surface area (Å²) in [6.45, 7) is 3.65. The Labute approximate surface area is 124 Å². The number of imide groups is 1. The van der Waals surface area contributed by atoms with E-state index in [2.05, 4.69) is 5.32 Å². The molecule has 1 aliphatic heterocycles. The summed E-state index contributed by atoms with van der Waals surface area (Å²) in [5, 5.41) is 11.6. The summed E-state index contributed by atoms with van der Waals surface area (Å²) < 4.78 is 4.90. The zero-order valence-electron chi connectivity index (χ0n) is 12.7. The standard InChI is InChI=1S/C13H23N3O5/c1-4-13(2)11(19)16(12(20)14-13)9-10(18)15(5-7-17)6-8-21-3/h17H,4-9H2,1-3H3,(H,14,20). The zero-order valence-corrected chi connectivity index (χ0v) is 12.7. The fourth-order valence-corrected chi connectivity index (χ4v) is 2.05. The Kier molecular flexibility index (Phi) is 6.10. The summed E-state index contributed by atoms with van der Waals surface area (Å²) in [6, 6.07) is -0.562. The molecule has 0 aromatic rings. The number of carbonyl (C=O) groups is 3. The SMILES string of the molecule is CCC1(C)NC(=O)N(CC(=O)N(CCO)CCOC)C1=O.